The Morgan fingerprint density at radius 1 is 1.38 bits per heavy atom. The quantitative estimate of drug-likeness (QED) is 0.286. The molecule has 0 saturated heterocycles. The molecule has 12 heteroatoms. The standard InChI is InChI=1S/C14H16ClN3O6S.Na.H/c1-2-24-14(20)18(9-6-4-3-5-7-9)11(15)10-8-16-13(19)17-12(10)25(21,22)23;;/h3-8,11-12H,2H2,1H3,(H2,16,17,19)(H,21,22,23);;. The molecule has 1 aromatic rings. The Balaban J connectivity index is 0.00000338. The number of anilines is 1. The number of urea groups is 1. The Morgan fingerprint density at radius 2 is 2.00 bits per heavy atom. The van der Waals surface area contributed by atoms with Crippen LogP contribution >= 0.6 is 11.6 Å². The molecule has 26 heavy (non-hydrogen) atoms. The Kier molecular flexibility index (Phi) is 8.38. The molecule has 0 spiro atoms. The van der Waals surface area contributed by atoms with Gasteiger partial charge in [-0.25, -0.2) is 9.59 Å². The zero-order chi connectivity index (χ0) is 18.6. The predicted molar refractivity (Wildman–Crippen MR) is 97.8 cm³/mol. The van der Waals surface area contributed by atoms with E-state index < -0.39 is 33.1 Å². The Bertz CT molecular complexity index is 789. The van der Waals surface area contributed by atoms with Crippen molar-refractivity contribution in [2.75, 3.05) is 11.5 Å². The van der Waals surface area contributed by atoms with Gasteiger partial charge in [0.15, 0.2) is 5.37 Å². The summed E-state index contributed by atoms with van der Waals surface area (Å²) < 4.78 is 37.5. The van der Waals surface area contributed by atoms with Gasteiger partial charge in [0.1, 0.15) is 5.50 Å². The van der Waals surface area contributed by atoms with E-state index in [9.17, 15) is 22.6 Å². The number of carbonyl (C=O) groups excluding carboxylic acids is 2. The van der Waals surface area contributed by atoms with E-state index in [-0.39, 0.29) is 41.7 Å². The minimum absolute atomic E-state index is 0. The van der Waals surface area contributed by atoms with Crippen molar-refractivity contribution in [3.63, 3.8) is 0 Å². The summed E-state index contributed by atoms with van der Waals surface area (Å²) >= 11 is 6.33. The SMILES string of the molecule is CCOC(=O)N(c1ccccc1)C(Cl)C1=CNC(=O)NC1S(=O)(=O)O.[NaH]. The summed E-state index contributed by atoms with van der Waals surface area (Å²) in [5.41, 5.74) is -1.17. The van der Waals surface area contributed by atoms with Crippen molar-refractivity contribution in [2.45, 2.75) is 17.8 Å². The van der Waals surface area contributed by atoms with E-state index >= 15 is 0 Å². The van der Waals surface area contributed by atoms with Crippen LogP contribution in [0, 0.1) is 0 Å². The average molecular weight is 414 g/mol. The van der Waals surface area contributed by atoms with Crippen LogP contribution in [0.1, 0.15) is 6.92 Å². The molecule has 1 heterocycles. The molecule has 0 saturated carbocycles. The van der Waals surface area contributed by atoms with Crippen molar-refractivity contribution in [1.82, 2.24) is 10.6 Å². The zero-order valence-corrected chi connectivity index (χ0v) is 14.6. The van der Waals surface area contributed by atoms with E-state index in [2.05, 4.69) is 5.32 Å². The number of ether oxygens (including phenoxy) is 1. The van der Waals surface area contributed by atoms with Crippen molar-refractivity contribution >= 4 is 69.1 Å². The number of hydrogen-bond donors (Lipinski definition) is 3. The topological polar surface area (TPSA) is 125 Å². The first-order chi connectivity index (χ1) is 11.8. The molecule has 9 nitrogen and oxygen atoms in total. The fourth-order valence-corrected chi connectivity index (χ4v) is 3.42. The van der Waals surface area contributed by atoms with Crippen LogP contribution in [0.15, 0.2) is 42.1 Å². The number of halogens is 1. The number of amides is 3. The number of nitrogens with one attached hydrogen (secondary N) is 2. The summed E-state index contributed by atoms with van der Waals surface area (Å²) in [6, 6.07) is 7.34. The Labute approximate surface area is 177 Å². The predicted octanol–water partition coefficient (Wildman–Crippen LogP) is 0.976. The molecular formula is C14H17ClN3NaO6S. The van der Waals surface area contributed by atoms with E-state index in [0.29, 0.717) is 5.69 Å². The van der Waals surface area contributed by atoms with Crippen molar-refractivity contribution < 1.29 is 27.3 Å². The van der Waals surface area contributed by atoms with Crippen LogP contribution in [-0.2, 0) is 14.9 Å². The zero-order valence-electron chi connectivity index (χ0n) is 13.0. The van der Waals surface area contributed by atoms with Gasteiger partial charge in [-0.2, -0.15) is 8.42 Å². The van der Waals surface area contributed by atoms with Gasteiger partial charge in [0, 0.05) is 17.5 Å². The number of carbonyl (C=O) groups is 2. The molecule has 3 N–H and O–H groups in total. The van der Waals surface area contributed by atoms with Crippen LogP contribution in [0.25, 0.3) is 0 Å². The number of hydrogen-bond acceptors (Lipinski definition) is 5. The fraction of sp³-hybridized carbons (Fsp3) is 0.286. The summed E-state index contributed by atoms with van der Waals surface area (Å²) in [6.07, 6.45) is 0.213. The monoisotopic (exact) mass is 413 g/mol. The number of benzene rings is 1. The van der Waals surface area contributed by atoms with Crippen LogP contribution in [-0.4, -0.2) is 72.1 Å². The molecule has 0 aromatic heterocycles. The third-order valence-electron chi connectivity index (χ3n) is 3.23. The third-order valence-corrected chi connectivity index (χ3v) is 4.67. The average Bonchev–Trinajstić information content (AvgIpc) is 2.55. The Hall–Kier alpha value is -1.30. The summed E-state index contributed by atoms with van der Waals surface area (Å²) in [5, 5.41) is 2.49. The summed E-state index contributed by atoms with van der Waals surface area (Å²) in [6.45, 7) is 1.68. The summed E-state index contributed by atoms with van der Waals surface area (Å²) in [5.74, 6) is 0. The second-order valence-electron chi connectivity index (χ2n) is 4.90. The van der Waals surface area contributed by atoms with Crippen molar-refractivity contribution in [1.29, 1.82) is 0 Å². The van der Waals surface area contributed by atoms with E-state index in [1.807, 2.05) is 5.32 Å². The van der Waals surface area contributed by atoms with Gasteiger partial charge in [0.25, 0.3) is 10.1 Å². The number of rotatable bonds is 5. The molecule has 1 aromatic carbocycles. The van der Waals surface area contributed by atoms with Gasteiger partial charge in [-0.15, -0.1) is 0 Å². The van der Waals surface area contributed by atoms with Crippen LogP contribution in [0.4, 0.5) is 15.3 Å². The molecule has 3 amide bonds. The third kappa shape index (κ3) is 5.35. The molecule has 2 unspecified atom stereocenters. The van der Waals surface area contributed by atoms with E-state index in [1.54, 1.807) is 37.3 Å². The molecule has 2 rings (SSSR count). The number of nitrogens with zero attached hydrogens (tertiary/aromatic N) is 1. The van der Waals surface area contributed by atoms with Crippen LogP contribution in [0.2, 0.25) is 0 Å². The number of para-hydroxylation sites is 1. The first-order valence-corrected chi connectivity index (χ1v) is 9.08. The van der Waals surface area contributed by atoms with Crippen LogP contribution < -0.4 is 15.5 Å². The second kappa shape index (κ2) is 9.58. The van der Waals surface area contributed by atoms with E-state index in [0.717, 1.165) is 11.1 Å². The Morgan fingerprint density at radius 3 is 2.54 bits per heavy atom. The molecule has 0 bridgehead atoms. The van der Waals surface area contributed by atoms with Crippen LogP contribution in [0.5, 0.6) is 0 Å². The van der Waals surface area contributed by atoms with Gasteiger partial charge in [-0.05, 0) is 19.1 Å². The van der Waals surface area contributed by atoms with Gasteiger partial charge < -0.3 is 15.4 Å². The maximum absolute atomic E-state index is 12.3. The van der Waals surface area contributed by atoms with Crippen LogP contribution in [0.3, 0.4) is 0 Å². The second-order valence-corrected chi connectivity index (χ2v) is 6.81. The van der Waals surface area contributed by atoms with Gasteiger partial charge in [-0.1, -0.05) is 29.8 Å². The summed E-state index contributed by atoms with van der Waals surface area (Å²) in [4.78, 5) is 24.7. The van der Waals surface area contributed by atoms with Gasteiger partial charge in [0.05, 0.1) is 6.61 Å². The molecular weight excluding hydrogens is 397 g/mol. The fourth-order valence-electron chi connectivity index (χ4n) is 2.17. The van der Waals surface area contributed by atoms with E-state index in [4.69, 9.17) is 16.3 Å². The molecule has 0 radical (unpaired) electrons. The van der Waals surface area contributed by atoms with Crippen molar-refractivity contribution in [2.24, 2.45) is 0 Å². The molecule has 2 atom stereocenters. The first-order valence-electron chi connectivity index (χ1n) is 7.14. The molecule has 138 valence electrons. The molecule has 1 aliphatic rings. The first kappa shape index (κ1) is 22.7. The minimum atomic E-state index is -4.71. The molecule has 0 aliphatic carbocycles. The number of alkyl halides is 1. The van der Waals surface area contributed by atoms with E-state index in [1.165, 1.54) is 0 Å². The van der Waals surface area contributed by atoms with Gasteiger partial charge in [0.2, 0.25) is 0 Å². The maximum atomic E-state index is 12.3. The van der Waals surface area contributed by atoms with Crippen molar-refractivity contribution in [3.05, 3.63) is 42.1 Å². The molecule has 0 fully saturated rings. The normalized spacial score (nSPS) is 17.7. The summed E-state index contributed by atoms with van der Waals surface area (Å²) in [7, 11) is -4.71. The van der Waals surface area contributed by atoms with Crippen molar-refractivity contribution in [3.8, 4) is 0 Å². The van der Waals surface area contributed by atoms with Gasteiger partial charge in [-0.3, -0.25) is 9.45 Å². The van der Waals surface area contributed by atoms with Gasteiger partial charge >= 0.3 is 41.7 Å². The molecule has 1 aliphatic heterocycles.